The first-order valence-electron chi connectivity index (χ1n) is 22.9. The van der Waals surface area contributed by atoms with Crippen LogP contribution in [0.2, 0.25) is 0 Å². The Kier molecular flexibility index (Phi) is 14.1. The Balaban J connectivity index is 0.929. The molecule has 0 amide bonds. The van der Waals surface area contributed by atoms with Crippen molar-refractivity contribution in [3.63, 3.8) is 0 Å². The molecule has 1 saturated carbocycles. The zero-order valence-electron chi connectivity index (χ0n) is 37.7. The van der Waals surface area contributed by atoms with Gasteiger partial charge in [-0.3, -0.25) is 9.88 Å². The predicted molar refractivity (Wildman–Crippen MR) is 255 cm³/mol. The van der Waals surface area contributed by atoms with E-state index in [1.807, 2.05) is 31.3 Å². The zero-order valence-corrected chi connectivity index (χ0v) is 40.1. The molecule has 5 heterocycles. The highest BCUT2D eigenvalue weighted by Gasteiger charge is 2.33. The van der Waals surface area contributed by atoms with Crippen molar-refractivity contribution >= 4 is 54.8 Å². The number of sulfonamides is 1. The SMILES string of the molecule is CC1=C(c2c(C3CCC3)ncc3snc(O[C@H](Cc4ccccc4OCc4ccnc(-c5ccc(S(=O)(=O)N6CCCC6)c(C)c5)n4)C(=O)O)c23)CCC(OCCN2CCN(C)CC2)=C1Cl. The lowest BCUT2D eigenvalue weighted by Gasteiger charge is -2.32. The quantitative estimate of drug-likeness (QED) is 0.0947. The maximum atomic E-state index is 13.3. The third-order valence-electron chi connectivity index (χ3n) is 13.3. The lowest BCUT2D eigenvalue weighted by molar-refractivity contribution is -0.145. The second-order valence-electron chi connectivity index (χ2n) is 17.7. The van der Waals surface area contributed by atoms with E-state index in [1.54, 1.807) is 47.8 Å². The number of pyridine rings is 1. The molecule has 5 aromatic rings. The number of carboxylic acid groups (broad SMARTS) is 1. The van der Waals surface area contributed by atoms with E-state index in [-0.39, 0.29) is 29.7 Å². The molecule has 4 aliphatic rings. The molecule has 66 heavy (non-hydrogen) atoms. The summed E-state index contributed by atoms with van der Waals surface area (Å²) in [4.78, 5) is 32.3. The lowest BCUT2D eigenvalue weighted by atomic mass is 9.77. The maximum absolute atomic E-state index is 13.3. The molecule has 14 nitrogen and oxygen atoms in total. The van der Waals surface area contributed by atoms with Crippen molar-refractivity contribution in [2.75, 3.05) is 59.5 Å². The fourth-order valence-electron chi connectivity index (χ4n) is 9.24. The number of nitrogens with zero attached hydrogens (tertiary/aromatic N) is 7. The average molecular weight is 955 g/mol. The van der Waals surface area contributed by atoms with Crippen LogP contribution >= 0.6 is 23.1 Å². The van der Waals surface area contributed by atoms with Crippen molar-refractivity contribution < 1.29 is 32.5 Å². The van der Waals surface area contributed by atoms with Gasteiger partial charge in [-0.15, -0.1) is 0 Å². The monoisotopic (exact) mass is 953 g/mol. The molecule has 0 unspecified atom stereocenters. The van der Waals surface area contributed by atoms with Crippen LogP contribution < -0.4 is 9.47 Å². The van der Waals surface area contributed by atoms with Gasteiger partial charge in [0.25, 0.3) is 0 Å². The van der Waals surface area contributed by atoms with Crippen LogP contribution in [0.15, 0.2) is 82.2 Å². The summed E-state index contributed by atoms with van der Waals surface area (Å²) in [7, 11) is -1.42. The Bertz CT molecular complexity index is 2780. The number of ether oxygens (including phenoxy) is 3. The van der Waals surface area contributed by atoms with E-state index in [0.717, 1.165) is 103 Å². The Hall–Kier alpha value is -4.97. The van der Waals surface area contributed by atoms with E-state index in [1.165, 1.54) is 11.5 Å². The van der Waals surface area contributed by atoms with Gasteiger partial charge in [-0.1, -0.05) is 36.2 Å². The molecular weight excluding hydrogens is 898 g/mol. The second kappa shape index (κ2) is 20.1. The van der Waals surface area contributed by atoms with Crippen LogP contribution in [-0.4, -0.2) is 118 Å². The zero-order chi connectivity index (χ0) is 46.0. The number of allylic oxidation sites excluding steroid dienone is 4. The molecular formula is C49H56ClN7O7S2. The molecule has 3 fully saturated rings. The fraction of sp³-hybridized carbons (Fsp3) is 0.449. The number of piperazine rings is 1. The van der Waals surface area contributed by atoms with Gasteiger partial charge in [0.2, 0.25) is 22.0 Å². The number of hydrogen-bond donors (Lipinski definition) is 1. The number of aliphatic carboxylic acids is 1. The molecule has 0 bridgehead atoms. The first-order valence-corrected chi connectivity index (χ1v) is 25.5. The van der Waals surface area contributed by atoms with E-state index < -0.39 is 22.1 Å². The minimum absolute atomic E-state index is 0.00648. The number of aryl methyl sites for hydroxylation is 1. The summed E-state index contributed by atoms with van der Waals surface area (Å²) in [6, 6.07) is 14.2. The molecule has 3 aromatic heterocycles. The number of para-hydroxylation sites is 1. The van der Waals surface area contributed by atoms with Gasteiger partial charge >= 0.3 is 5.97 Å². The highest BCUT2D eigenvalue weighted by molar-refractivity contribution is 7.89. The maximum Gasteiger partial charge on any atom is 0.345 e. The molecule has 0 radical (unpaired) electrons. The van der Waals surface area contributed by atoms with Crippen LogP contribution in [0.1, 0.15) is 85.9 Å². The molecule has 17 heteroatoms. The second-order valence-corrected chi connectivity index (χ2v) is 20.8. The number of fused-ring (bicyclic) bond motifs is 1. The summed E-state index contributed by atoms with van der Waals surface area (Å²) in [5, 5.41) is 12.0. The molecule has 9 rings (SSSR count). The van der Waals surface area contributed by atoms with Crippen molar-refractivity contribution in [1.82, 2.24) is 33.4 Å². The summed E-state index contributed by atoms with van der Waals surface area (Å²) < 4.78 is 52.7. The van der Waals surface area contributed by atoms with Crippen molar-refractivity contribution in [2.24, 2.45) is 0 Å². The van der Waals surface area contributed by atoms with Gasteiger partial charge in [-0.25, -0.2) is 23.2 Å². The highest BCUT2D eigenvalue weighted by atomic mass is 35.5. The Morgan fingerprint density at radius 1 is 0.970 bits per heavy atom. The minimum atomic E-state index is -3.57. The summed E-state index contributed by atoms with van der Waals surface area (Å²) in [5.41, 5.74) is 6.47. The number of hydrogen-bond acceptors (Lipinski definition) is 13. The van der Waals surface area contributed by atoms with Crippen LogP contribution in [0, 0.1) is 6.92 Å². The smallest absolute Gasteiger partial charge is 0.345 e. The molecule has 348 valence electrons. The van der Waals surface area contributed by atoms with Crippen LogP contribution in [0.25, 0.3) is 27.0 Å². The van der Waals surface area contributed by atoms with Gasteiger partial charge < -0.3 is 24.2 Å². The van der Waals surface area contributed by atoms with E-state index in [9.17, 15) is 18.3 Å². The van der Waals surface area contributed by atoms with E-state index in [4.69, 9.17) is 40.2 Å². The summed E-state index contributed by atoms with van der Waals surface area (Å²) in [6.45, 7) is 10.6. The summed E-state index contributed by atoms with van der Waals surface area (Å²) in [5.74, 6) is 1.14. The van der Waals surface area contributed by atoms with Gasteiger partial charge in [0.15, 0.2) is 5.82 Å². The van der Waals surface area contributed by atoms with Crippen LogP contribution in [0.5, 0.6) is 11.6 Å². The van der Waals surface area contributed by atoms with Crippen molar-refractivity contribution in [3.8, 4) is 23.0 Å². The number of rotatable bonds is 17. The number of halogens is 1. The molecule has 2 aliphatic carbocycles. The van der Waals surface area contributed by atoms with Crippen LogP contribution in [0.4, 0.5) is 0 Å². The molecule has 2 aromatic carbocycles. The van der Waals surface area contributed by atoms with Gasteiger partial charge in [0, 0.05) is 88.1 Å². The lowest BCUT2D eigenvalue weighted by Crippen LogP contribution is -2.45. The van der Waals surface area contributed by atoms with Gasteiger partial charge in [0.05, 0.1) is 31.4 Å². The van der Waals surface area contributed by atoms with E-state index in [0.29, 0.717) is 71.5 Å². The normalized spacial score (nSPS) is 18.5. The molecule has 2 saturated heterocycles. The van der Waals surface area contributed by atoms with Gasteiger partial charge in [0.1, 0.15) is 24.7 Å². The topological polar surface area (TPSA) is 160 Å². The van der Waals surface area contributed by atoms with Crippen LogP contribution in [-0.2, 0) is 32.6 Å². The summed E-state index contributed by atoms with van der Waals surface area (Å²) >= 11 is 8.38. The number of benzene rings is 2. The highest BCUT2D eigenvalue weighted by Crippen LogP contribution is 2.48. The molecule has 1 atom stereocenters. The first kappa shape index (κ1) is 46.2. The number of aromatic nitrogens is 4. The Morgan fingerprint density at radius 3 is 2.50 bits per heavy atom. The largest absolute Gasteiger partial charge is 0.495 e. The third kappa shape index (κ3) is 9.85. The average Bonchev–Trinajstić information content (AvgIpc) is 4.00. The number of carbonyl (C=O) groups is 1. The van der Waals surface area contributed by atoms with Gasteiger partial charge in [-0.05, 0) is 117 Å². The number of carboxylic acids is 1. The molecule has 1 N–H and O–H groups in total. The number of likely N-dealkylation sites (N-methyl/N-ethyl adjacent to an activating group) is 1. The first-order chi connectivity index (χ1) is 31.9. The Morgan fingerprint density at radius 2 is 1.76 bits per heavy atom. The van der Waals surface area contributed by atoms with Crippen molar-refractivity contribution in [3.05, 3.63) is 105 Å². The Labute approximate surface area is 395 Å². The summed E-state index contributed by atoms with van der Waals surface area (Å²) in [6.07, 6.45) is 8.45. The van der Waals surface area contributed by atoms with E-state index >= 15 is 0 Å². The fourth-order valence-corrected chi connectivity index (χ4v) is 11.9. The standard InChI is InChI=1S/C49H56ClN7O7S2/c1-31-27-35(13-16-42(31)66(60,61)57-19-6-7-20-57)47-51-18-17-36(53-47)30-63-38-12-5-4-9-34(38)28-40(49(58)59)64-48-44-41(65-54-48)29-52-46(33-10-8-11-33)43(44)37-14-15-39(45(50)32(37)2)62-26-25-56-23-21-55(3)22-24-56/h4-5,9,12-13,16-18,27,29,33,40H,6-8,10-11,14-15,19-26,28,30H2,1-3H3,(H,58,59)/t40-/m1/s1. The molecule has 2 aliphatic heterocycles. The predicted octanol–water partition coefficient (Wildman–Crippen LogP) is 8.44. The minimum Gasteiger partial charge on any atom is -0.495 e. The van der Waals surface area contributed by atoms with Crippen molar-refractivity contribution in [2.45, 2.75) is 88.7 Å². The van der Waals surface area contributed by atoms with Crippen molar-refractivity contribution in [1.29, 1.82) is 0 Å². The van der Waals surface area contributed by atoms with E-state index in [2.05, 4.69) is 21.8 Å². The molecule has 0 spiro atoms. The van der Waals surface area contributed by atoms with Crippen LogP contribution in [0.3, 0.4) is 0 Å². The van der Waals surface area contributed by atoms with Gasteiger partial charge in [-0.2, -0.15) is 8.68 Å². The third-order valence-corrected chi connectivity index (χ3v) is 16.6.